The lowest BCUT2D eigenvalue weighted by molar-refractivity contribution is -0.133. The smallest absolute Gasteiger partial charge is 0.260 e. The quantitative estimate of drug-likeness (QED) is 0.368. The number of anilines is 1. The van der Waals surface area contributed by atoms with Crippen molar-refractivity contribution in [1.29, 1.82) is 0 Å². The predicted octanol–water partition coefficient (Wildman–Crippen LogP) is 4.45. The van der Waals surface area contributed by atoms with E-state index in [1.54, 1.807) is 0 Å². The van der Waals surface area contributed by atoms with Gasteiger partial charge < -0.3 is 14.5 Å². The molecule has 2 aromatic heterocycles. The first-order valence-corrected chi connectivity index (χ1v) is 12.7. The molecule has 1 atom stereocenters. The highest BCUT2D eigenvalue weighted by Gasteiger charge is 2.26. The Morgan fingerprint density at radius 2 is 1.67 bits per heavy atom. The van der Waals surface area contributed by atoms with E-state index in [2.05, 4.69) is 23.8 Å². The van der Waals surface area contributed by atoms with Crippen LogP contribution in [0.3, 0.4) is 0 Å². The molecule has 1 saturated heterocycles. The number of hydrogen-bond acceptors (Lipinski definition) is 6. The number of benzene rings is 2. The van der Waals surface area contributed by atoms with E-state index in [9.17, 15) is 4.79 Å². The Hall–Kier alpha value is -3.94. The summed E-state index contributed by atoms with van der Waals surface area (Å²) in [7, 11) is 0. The van der Waals surface area contributed by atoms with E-state index < -0.39 is 0 Å². The highest BCUT2D eigenvalue weighted by Crippen LogP contribution is 2.29. The third-order valence-electron chi connectivity index (χ3n) is 6.63. The van der Waals surface area contributed by atoms with Crippen molar-refractivity contribution in [2.45, 2.75) is 32.6 Å². The lowest BCUT2D eigenvalue weighted by Crippen LogP contribution is -2.50. The minimum absolute atomic E-state index is 0.000455. The van der Waals surface area contributed by atoms with Crippen LogP contribution < -0.4 is 9.64 Å². The van der Waals surface area contributed by atoms with Crippen LogP contribution in [0, 0.1) is 0 Å². The number of amides is 1. The Bertz CT molecular complexity index is 1300. The molecule has 0 spiro atoms. The lowest BCUT2D eigenvalue weighted by Gasteiger charge is -2.35. The fourth-order valence-electron chi connectivity index (χ4n) is 4.61. The number of hydrogen-bond donors (Lipinski definition) is 0. The summed E-state index contributed by atoms with van der Waals surface area (Å²) in [5, 5.41) is 5.60. The molecule has 0 radical (unpaired) electrons. The van der Waals surface area contributed by atoms with Gasteiger partial charge in [0.05, 0.1) is 17.3 Å². The molecule has 0 bridgehead atoms. The van der Waals surface area contributed by atoms with E-state index in [0.717, 1.165) is 41.2 Å². The molecule has 8 heteroatoms. The maximum absolute atomic E-state index is 12.7. The standard InChI is InChI=1S/C28H32N6O2/c1-3-10-21(2)26-30-27(24-19-29-34(28(24)31-26)22-11-6-4-7-12-22)33-17-15-32(16-18-33)25(35)20-36-23-13-8-5-9-14-23/h4-9,11-14,19,21H,3,10,15-18,20H2,1-2H3. The summed E-state index contributed by atoms with van der Waals surface area (Å²) in [6.07, 6.45) is 3.95. The third-order valence-corrected chi connectivity index (χ3v) is 6.63. The van der Waals surface area contributed by atoms with E-state index in [4.69, 9.17) is 14.7 Å². The molecule has 1 aliphatic heterocycles. The van der Waals surface area contributed by atoms with Crippen LogP contribution in [0.25, 0.3) is 16.7 Å². The predicted molar refractivity (Wildman–Crippen MR) is 141 cm³/mol. The second-order valence-electron chi connectivity index (χ2n) is 9.19. The SMILES string of the molecule is CCCC(C)c1nc(N2CCN(C(=O)COc3ccccc3)CC2)c2cnn(-c3ccccc3)c2n1. The zero-order chi connectivity index (χ0) is 24.9. The van der Waals surface area contributed by atoms with Gasteiger partial charge in [-0.05, 0) is 30.7 Å². The normalized spacial score (nSPS) is 14.7. The van der Waals surface area contributed by atoms with Crippen LogP contribution in [-0.2, 0) is 4.79 Å². The number of nitrogens with zero attached hydrogens (tertiary/aromatic N) is 6. The third kappa shape index (κ3) is 5.03. The molecule has 3 heterocycles. The van der Waals surface area contributed by atoms with Crippen molar-refractivity contribution in [3.63, 3.8) is 0 Å². The van der Waals surface area contributed by atoms with Crippen LogP contribution in [-0.4, -0.2) is 63.3 Å². The highest BCUT2D eigenvalue weighted by atomic mass is 16.5. The summed E-state index contributed by atoms with van der Waals surface area (Å²) in [5.41, 5.74) is 1.79. The number of carbonyl (C=O) groups excluding carboxylic acids is 1. The van der Waals surface area contributed by atoms with E-state index in [0.29, 0.717) is 31.9 Å². The van der Waals surface area contributed by atoms with Gasteiger partial charge in [0.2, 0.25) is 0 Å². The number of para-hydroxylation sites is 2. The first kappa shape index (κ1) is 23.8. The molecule has 8 nitrogen and oxygen atoms in total. The Morgan fingerprint density at radius 1 is 0.972 bits per heavy atom. The molecular weight excluding hydrogens is 452 g/mol. The second-order valence-corrected chi connectivity index (χ2v) is 9.19. The average Bonchev–Trinajstić information content (AvgIpc) is 3.37. The van der Waals surface area contributed by atoms with E-state index in [-0.39, 0.29) is 18.4 Å². The Balaban J connectivity index is 1.36. The van der Waals surface area contributed by atoms with E-state index in [1.165, 1.54) is 0 Å². The Kier molecular flexibility index (Phi) is 7.11. The maximum atomic E-state index is 12.7. The fourth-order valence-corrected chi connectivity index (χ4v) is 4.61. The summed E-state index contributed by atoms with van der Waals surface area (Å²) in [6, 6.07) is 19.5. The lowest BCUT2D eigenvalue weighted by atomic mass is 10.1. The molecule has 0 aliphatic carbocycles. The first-order chi connectivity index (χ1) is 17.6. The van der Waals surface area contributed by atoms with Crippen LogP contribution in [0.15, 0.2) is 66.9 Å². The number of piperazine rings is 1. The van der Waals surface area contributed by atoms with Crippen molar-refractivity contribution in [2.75, 3.05) is 37.7 Å². The van der Waals surface area contributed by atoms with Gasteiger partial charge in [0.15, 0.2) is 12.3 Å². The van der Waals surface area contributed by atoms with Crippen molar-refractivity contribution in [1.82, 2.24) is 24.6 Å². The summed E-state index contributed by atoms with van der Waals surface area (Å²) in [6.45, 7) is 7.04. The number of ether oxygens (including phenoxy) is 1. The van der Waals surface area contributed by atoms with Gasteiger partial charge in [0, 0.05) is 32.1 Å². The Morgan fingerprint density at radius 3 is 2.36 bits per heavy atom. The van der Waals surface area contributed by atoms with Gasteiger partial charge in [-0.25, -0.2) is 14.6 Å². The van der Waals surface area contributed by atoms with Crippen LogP contribution in [0.4, 0.5) is 5.82 Å². The molecule has 1 fully saturated rings. The van der Waals surface area contributed by atoms with Gasteiger partial charge in [-0.3, -0.25) is 4.79 Å². The number of carbonyl (C=O) groups is 1. The molecule has 0 saturated carbocycles. The van der Waals surface area contributed by atoms with Gasteiger partial charge >= 0.3 is 0 Å². The monoisotopic (exact) mass is 484 g/mol. The molecule has 5 rings (SSSR count). The summed E-state index contributed by atoms with van der Waals surface area (Å²) >= 11 is 0. The van der Waals surface area contributed by atoms with Crippen molar-refractivity contribution >= 4 is 22.8 Å². The molecule has 1 amide bonds. The minimum atomic E-state index is 0.000455. The Labute approximate surface area is 211 Å². The first-order valence-electron chi connectivity index (χ1n) is 12.7. The van der Waals surface area contributed by atoms with Crippen molar-refractivity contribution in [3.05, 3.63) is 72.7 Å². The molecule has 186 valence electrons. The van der Waals surface area contributed by atoms with E-state index >= 15 is 0 Å². The fraction of sp³-hybridized carbons (Fsp3) is 0.357. The molecule has 0 N–H and O–H groups in total. The number of aromatic nitrogens is 4. The van der Waals surface area contributed by atoms with Crippen LogP contribution >= 0.6 is 0 Å². The van der Waals surface area contributed by atoms with Crippen molar-refractivity contribution in [2.24, 2.45) is 0 Å². The van der Waals surface area contributed by atoms with Crippen LogP contribution in [0.2, 0.25) is 0 Å². The molecular formula is C28H32N6O2. The van der Waals surface area contributed by atoms with Gasteiger partial charge in [0.25, 0.3) is 5.91 Å². The van der Waals surface area contributed by atoms with Crippen molar-refractivity contribution in [3.8, 4) is 11.4 Å². The zero-order valence-electron chi connectivity index (χ0n) is 20.9. The summed E-state index contributed by atoms with van der Waals surface area (Å²) in [5.74, 6) is 2.69. The number of fused-ring (bicyclic) bond motifs is 1. The van der Waals surface area contributed by atoms with Gasteiger partial charge in [0.1, 0.15) is 17.4 Å². The van der Waals surface area contributed by atoms with Gasteiger partial charge in [-0.2, -0.15) is 5.10 Å². The van der Waals surface area contributed by atoms with Crippen LogP contribution in [0.5, 0.6) is 5.75 Å². The molecule has 36 heavy (non-hydrogen) atoms. The van der Waals surface area contributed by atoms with Gasteiger partial charge in [-0.15, -0.1) is 0 Å². The minimum Gasteiger partial charge on any atom is -0.484 e. The highest BCUT2D eigenvalue weighted by molar-refractivity contribution is 5.88. The maximum Gasteiger partial charge on any atom is 0.260 e. The summed E-state index contributed by atoms with van der Waals surface area (Å²) < 4.78 is 7.56. The summed E-state index contributed by atoms with van der Waals surface area (Å²) in [4.78, 5) is 26.9. The topological polar surface area (TPSA) is 76.4 Å². The molecule has 1 unspecified atom stereocenters. The second kappa shape index (κ2) is 10.8. The van der Waals surface area contributed by atoms with Gasteiger partial charge in [-0.1, -0.05) is 56.7 Å². The van der Waals surface area contributed by atoms with Crippen molar-refractivity contribution < 1.29 is 9.53 Å². The van der Waals surface area contributed by atoms with E-state index in [1.807, 2.05) is 76.4 Å². The molecule has 4 aromatic rings. The zero-order valence-corrected chi connectivity index (χ0v) is 20.9. The largest absolute Gasteiger partial charge is 0.484 e. The number of rotatable bonds is 8. The van der Waals surface area contributed by atoms with Crippen LogP contribution in [0.1, 0.15) is 38.4 Å². The average molecular weight is 485 g/mol. The molecule has 2 aromatic carbocycles. The molecule has 1 aliphatic rings.